The first-order valence-corrected chi connectivity index (χ1v) is 8.83. The molecule has 0 spiro atoms. The second-order valence-electron chi connectivity index (χ2n) is 6.25. The number of fused-ring (bicyclic) bond motifs is 1. The number of nitrogens with zero attached hydrogens (tertiary/aromatic N) is 3. The third kappa shape index (κ3) is 3.96. The van der Waals surface area contributed by atoms with Gasteiger partial charge in [-0.3, -0.25) is 19.0 Å². The number of rotatable bonds is 5. The van der Waals surface area contributed by atoms with Gasteiger partial charge in [0.15, 0.2) is 5.69 Å². The first-order chi connectivity index (χ1) is 14.1. The van der Waals surface area contributed by atoms with Crippen molar-refractivity contribution < 1.29 is 14.0 Å². The fourth-order valence-corrected chi connectivity index (χ4v) is 2.89. The number of imidazole rings is 1. The maximum atomic E-state index is 13.4. The number of pyridine rings is 2. The molecule has 0 radical (unpaired) electrons. The maximum Gasteiger partial charge on any atom is 0.287 e. The summed E-state index contributed by atoms with van der Waals surface area (Å²) in [5.74, 6) is -1.35. The molecule has 0 saturated carbocycles. The number of hydrogen-bond donors (Lipinski definition) is 2. The van der Waals surface area contributed by atoms with Crippen molar-refractivity contribution in [3.8, 4) is 0 Å². The molecule has 8 heteroatoms. The number of anilines is 1. The lowest BCUT2D eigenvalue weighted by Gasteiger charge is -2.04. The van der Waals surface area contributed by atoms with Gasteiger partial charge in [-0.2, -0.15) is 0 Å². The summed E-state index contributed by atoms with van der Waals surface area (Å²) >= 11 is 0. The van der Waals surface area contributed by atoms with Gasteiger partial charge >= 0.3 is 0 Å². The number of nitrogens with one attached hydrogen (secondary N) is 2. The van der Waals surface area contributed by atoms with Gasteiger partial charge in [0, 0.05) is 30.8 Å². The van der Waals surface area contributed by atoms with Crippen molar-refractivity contribution in [3.63, 3.8) is 0 Å². The smallest absolute Gasteiger partial charge is 0.287 e. The van der Waals surface area contributed by atoms with Crippen molar-refractivity contribution >= 4 is 23.0 Å². The Kier molecular flexibility index (Phi) is 4.98. The van der Waals surface area contributed by atoms with Crippen molar-refractivity contribution in [3.05, 3.63) is 96.1 Å². The Labute approximate surface area is 165 Å². The Morgan fingerprint density at radius 1 is 1.03 bits per heavy atom. The first-order valence-electron chi connectivity index (χ1n) is 8.83. The molecule has 4 rings (SSSR count). The van der Waals surface area contributed by atoms with Crippen LogP contribution in [0.1, 0.15) is 26.7 Å². The number of aromatic nitrogens is 3. The minimum Gasteiger partial charge on any atom is -0.345 e. The van der Waals surface area contributed by atoms with Crippen LogP contribution in [0.3, 0.4) is 0 Å². The lowest BCUT2D eigenvalue weighted by Crippen LogP contribution is -2.25. The molecule has 0 saturated heterocycles. The molecule has 0 aliphatic heterocycles. The van der Waals surface area contributed by atoms with Gasteiger partial charge in [0.05, 0.1) is 5.52 Å². The van der Waals surface area contributed by atoms with Crippen LogP contribution in [0.2, 0.25) is 0 Å². The molecule has 1 aromatic carbocycles. The van der Waals surface area contributed by atoms with Crippen LogP contribution in [0.5, 0.6) is 0 Å². The van der Waals surface area contributed by atoms with Crippen LogP contribution < -0.4 is 10.6 Å². The molecule has 7 nitrogen and oxygen atoms in total. The SMILES string of the molecule is O=C(Nc1cccc(F)c1)c1nc(C(=O)NCc2cccnc2)n2ccccc12. The quantitative estimate of drug-likeness (QED) is 0.549. The first kappa shape index (κ1) is 18.3. The van der Waals surface area contributed by atoms with E-state index in [9.17, 15) is 14.0 Å². The Balaban J connectivity index is 1.61. The van der Waals surface area contributed by atoms with E-state index in [-0.39, 0.29) is 18.1 Å². The predicted octanol–water partition coefficient (Wildman–Crippen LogP) is 3.05. The van der Waals surface area contributed by atoms with E-state index in [2.05, 4.69) is 20.6 Å². The summed E-state index contributed by atoms with van der Waals surface area (Å²) in [4.78, 5) is 33.6. The highest BCUT2D eigenvalue weighted by Gasteiger charge is 2.21. The Hall–Kier alpha value is -4.07. The normalized spacial score (nSPS) is 10.7. The van der Waals surface area contributed by atoms with Crippen LogP contribution in [0, 0.1) is 5.82 Å². The van der Waals surface area contributed by atoms with E-state index >= 15 is 0 Å². The van der Waals surface area contributed by atoms with Crippen LogP contribution in [-0.4, -0.2) is 26.2 Å². The Morgan fingerprint density at radius 3 is 2.72 bits per heavy atom. The fourth-order valence-electron chi connectivity index (χ4n) is 2.89. The number of benzene rings is 1. The molecule has 2 amide bonds. The van der Waals surface area contributed by atoms with E-state index in [1.54, 1.807) is 53.3 Å². The van der Waals surface area contributed by atoms with E-state index in [1.807, 2.05) is 6.07 Å². The zero-order valence-corrected chi connectivity index (χ0v) is 15.2. The number of hydrogen-bond acceptors (Lipinski definition) is 4. The standard InChI is InChI=1S/C21H16FN5O2/c22-15-6-3-7-16(11-15)25-20(28)18-17-8-1-2-10-27(17)19(26-18)21(29)24-13-14-5-4-9-23-12-14/h1-12H,13H2,(H,24,29)(H,25,28). The van der Waals surface area contributed by atoms with E-state index < -0.39 is 17.6 Å². The lowest BCUT2D eigenvalue weighted by molar-refractivity contribution is 0.0940. The largest absolute Gasteiger partial charge is 0.345 e. The summed E-state index contributed by atoms with van der Waals surface area (Å²) in [6, 6.07) is 14.3. The fraction of sp³-hybridized carbons (Fsp3) is 0.0476. The molecular weight excluding hydrogens is 373 g/mol. The molecule has 4 aromatic rings. The molecule has 0 bridgehead atoms. The molecule has 0 atom stereocenters. The topological polar surface area (TPSA) is 88.4 Å². The number of amides is 2. The van der Waals surface area contributed by atoms with E-state index in [4.69, 9.17) is 0 Å². The summed E-state index contributed by atoms with van der Waals surface area (Å²) in [6.07, 6.45) is 4.96. The third-order valence-corrected chi connectivity index (χ3v) is 4.22. The van der Waals surface area contributed by atoms with Crippen LogP contribution in [0.15, 0.2) is 73.2 Å². The van der Waals surface area contributed by atoms with Crippen molar-refractivity contribution in [2.24, 2.45) is 0 Å². The monoisotopic (exact) mass is 389 g/mol. The van der Waals surface area contributed by atoms with Crippen LogP contribution >= 0.6 is 0 Å². The molecule has 2 N–H and O–H groups in total. The third-order valence-electron chi connectivity index (χ3n) is 4.22. The highest BCUT2D eigenvalue weighted by molar-refractivity contribution is 6.08. The number of carbonyl (C=O) groups excluding carboxylic acids is 2. The molecular formula is C21H16FN5O2. The molecule has 0 unspecified atom stereocenters. The minimum atomic E-state index is -0.536. The average Bonchev–Trinajstić information content (AvgIpc) is 3.13. The molecule has 0 aliphatic rings. The lowest BCUT2D eigenvalue weighted by atomic mass is 10.2. The Morgan fingerprint density at radius 2 is 1.93 bits per heavy atom. The molecule has 0 fully saturated rings. The van der Waals surface area contributed by atoms with Gasteiger partial charge < -0.3 is 10.6 Å². The van der Waals surface area contributed by atoms with Gasteiger partial charge in [-0.05, 0) is 42.0 Å². The average molecular weight is 389 g/mol. The molecule has 144 valence electrons. The summed E-state index contributed by atoms with van der Waals surface area (Å²) in [5.41, 5.74) is 1.68. The summed E-state index contributed by atoms with van der Waals surface area (Å²) in [6.45, 7) is 0.277. The van der Waals surface area contributed by atoms with Crippen molar-refractivity contribution in [1.29, 1.82) is 0 Å². The number of carbonyl (C=O) groups is 2. The minimum absolute atomic E-state index is 0.0707. The van der Waals surface area contributed by atoms with E-state index in [0.717, 1.165) is 5.56 Å². The predicted molar refractivity (Wildman–Crippen MR) is 105 cm³/mol. The highest BCUT2D eigenvalue weighted by atomic mass is 19.1. The molecule has 3 heterocycles. The molecule has 0 aliphatic carbocycles. The maximum absolute atomic E-state index is 13.4. The molecule has 29 heavy (non-hydrogen) atoms. The van der Waals surface area contributed by atoms with Gasteiger partial charge in [0.1, 0.15) is 5.82 Å². The zero-order valence-electron chi connectivity index (χ0n) is 15.2. The van der Waals surface area contributed by atoms with Gasteiger partial charge in [0.25, 0.3) is 11.8 Å². The second kappa shape index (κ2) is 7.89. The second-order valence-corrected chi connectivity index (χ2v) is 6.25. The van der Waals surface area contributed by atoms with E-state index in [0.29, 0.717) is 11.2 Å². The Bertz CT molecular complexity index is 1190. The zero-order chi connectivity index (χ0) is 20.2. The van der Waals surface area contributed by atoms with Gasteiger partial charge in [-0.25, -0.2) is 9.37 Å². The van der Waals surface area contributed by atoms with E-state index in [1.165, 1.54) is 18.2 Å². The van der Waals surface area contributed by atoms with Gasteiger partial charge in [-0.1, -0.05) is 18.2 Å². The summed E-state index contributed by atoms with van der Waals surface area (Å²) < 4.78 is 14.9. The van der Waals surface area contributed by atoms with Crippen molar-refractivity contribution in [2.45, 2.75) is 6.54 Å². The van der Waals surface area contributed by atoms with Crippen LogP contribution in [0.25, 0.3) is 5.52 Å². The van der Waals surface area contributed by atoms with Gasteiger partial charge in [-0.15, -0.1) is 0 Å². The van der Waals surface area contributed by atoms with Crippen molar-refractivity contribution in [2.75, 3.05) is 5.32 Å². The highest BCUT2D eigenvalue weighted by Crippen LogP contribution is 2.16. The van der Waals surface area contributed by atoms with Crippen LogP contribution in [-0.2, 0) is 6.54 Å². The summed E-state index contributed by atoms with van der Waals surface area (Å²) in [7, 11) is 0. The molecule has 3 aromatic heterocycles. The van der Waals surface area contributed by atoms with Gasteiger partial charge in [0.2, 0.25) is 5.82 Å². The van der Waals surface area contributed by atoms with Crippen molar-refractivity contribution in [1.82, 2.24) is 19.7 Å². The summed E-state index contributed by atoms with van der Waals surface area (Å²) in [5, 5.41) is 5.38. The van der Waals surface area contributed by atoms with Crippen LogP contribution in [0.4, 0.5) is 10.1 Å². The number of halogens is 1.